The van der Waals surface area contributed by atoms with Gasteiger partial charge < -0.3 is 9.32 Å². The predicted molar refractivity (Wildman–Crippen MR) is 227 cm³/mol. The van der Waals surface area contributed by atoms with Gasteiger partial charge in [-0.25, -0.2) is 0 Å². The summed E-state index contributed by atoms with van der Waals surface area (Å²) in [5.74, 6) is 0. The van der Waals surface area contributed by atoms with E-state index >= 15 is 0 Å². The number of hydrogen-bond donors (Lipinski definition) is 0. The molecule has 0 bridgehead atoms. The molecule has 3 heteroatoms. The van der Waals surface area contributed by atoms with Crippen LogP contribution in [0.15, 0.2) is 190 Å². The number of rotatable bonds is 3. The predicted octanol–water partition coefficient (Wildman–Crippen LogP) is 14.2. The normalized spacial score (nSPS) is 14.9. The van der Waals surface area contributed by atoms with Crippen molar-refractivity contribution in [3.8, 4) is 22.3 Å². The highest BCUT2D eigenvalue weighted by Gasteiger charge is 2.50. The summed E-state index contributed by atoms with van der Waals surface area (Å²) in [7, 11) is 0. The smallest absolute Gasteiger partial charge is 0.137 e. The first-order chi connectivity index (χ1) is 27.0. The molecule has 0 radical (unpaired) electrons. The van der Waals surface area contributed by atoms with E-state index in [4.69, 9.17) is 4.42 Å². The maximum Gasteiger partial charge on any atom is 0.137 e. The summed E-state index contributed by atoms with van der Waals surface area (Å²) < 4.78 is 6.52. The number of benzene rings is 8. The van der Waals surface area contributed by atoms with Gasteiger partial charge in [0.25, 0.3) is 0 Å². The van der Waals surface area contributed by atoms with Crippen molar-refractivity contribution in [3.63, 3.8) is 0 Å². The number of fused-ring (bicyclic) bond motifs is 15. The van der Waals surface area contributed by atoms with Gasteiger partial charge >= 0.3 is 0 Å². The highest BCUT2D eigenvalue weighted by molar-refractivity contribution is 7.99. The number of hydrogen-bond acceptors (Lipinski definition) is 3. The molecule has 1 aromatic heterocycles. The third kappa shape index (κ3) is 4.06. The van der Waals surface area contributed by atoms with Crippen LogP contribution in [0.2, 0.25) is 0 Å². The van der Waals surface area contributed by atoms with E-state index in [-0.39, 0.29) is 5.41 Å². The topological polar surface area (TPSA) is 16.4 Å². The van der Waals surface area contributed by atoms with Crippen LogP contribution in [0.3, 0.4) is 0 Å². The molecule has 2 aliphatic carbocycles. The van der Waals surface area contributed by atoms with Gasteiger partial charge in [0.1, 0.15) is 11.2 Å². The molecule has 3 aliphatic rings. The lowest BCUT2D eigenvalue weighted by Gasteiger charge is -2.40. The fourth-order valence-electron chi connectivity index (χ4n) is 10.2. The van der Waals surface area contributed by atoms with Gasteiger partial charge in [-0.1, -0.05) is 147 Å². The monoisotopic (exact) mass is 721 g/mol. The quantitative estimate of drug-likeness (QED) is 0.181. The molecule has 2 heterocycles. The summed E-state index contributed by atoms with van der Waals surface area (Å²) in [5, 5.41) is 2.23. The first-order valence-corrected chi connectivity index (χ1v) is 19.9. The lowest BCUT2D eigenvalue weighted by molar-refractivity contribution is 0.660. The molecule has 0 saturated carbocycles. The van der Waals surface area contributed by atoms with Crippen molar-refractivity contribution in [2.24, 2.45) is 0 Å². The highest BCUT2D eigenvalue weighted by Crippen LogP contribution is 2.63. The Kier molecular flexibility index (Phi) is 6.29. The number of para-hydroxylation sites is 1. The summed E-state index contributed by atoms with van der Waals surface area (Å²) in [4.78, 5) is 5.07. The fourth-order valence-corrected chi connectivity index (χ4v) is 11.4. The van der Waals surface area contributed by atoms with Gasteiger partial charge in [-0.15, -0.1) is 0 Å². The minimum Gasteiger partial charge on any atom is -0.456 e. The second-order valence-corrected chi connectivity index (χ2v) is 16.7. The maximum atomic E-state index is 6.52. The van der Waals surface area contributed by atoms with Crippen molar-refractivity contribution in [2.75, 3.05) is 4.90 Å². The fraction of sp³-hybridized carbons (Fsp3) is 0.0769. The summed E-state index contributed by atoms with van der Waals surface area (Å²) in [6.45, 7) is 4.70. The lowest BCUT2D eigenvalue weighted by atomic mass is 9.67. The van der Waals surface area contributed by atoms with Crippen molar-refractivity contribution in [1.82, 2.24) is 0 Å². The van der Waals surface area contributed by atoms with E-state index in [1.165, 1.54) is 65.4 Å². The van der Waals surface area contributed by atoms with Gasteiger partial charge in [0.2, 0.25) is 0 Å². The Morgan fingerprint density at radius 2 is 1.00 bits per heavy atom. The molecule has 0 unspecified atom stereocenters. The SMILES string of the molecule is CC1(C)c2ccccc2-c2cc(N(c3ccc4c(c3)C3(c5ccccc5S4)c4ccccc4-c4ccccc43)c3cccc4oc5ccccc5c34)ccc21. The Hall–Kier alpha value is -6.29. The second kappa shape index (κ2) is 11.1. The first kappa shape index (κ1) is 31.1. The highest BCUT2D eigenvalue weighted by atomic mass is 32.2. The molecule has 0 atom stereocenters. The van der Waals surface area contributed by atoms with Crippen LogP contribution in [-0.4, -0.2) is 0 Å². The van der Waals surface area contributed by atoms with Crippen LogP contribution >= 0.6 is 11.8 Å². The largest absolute Gasteiger partial charge is 0.456 e. The summed E-state index contributed by atoms with van der Waals surface area (Å²) in [6.07, 6.45) is 0. The van der Waals surface area contributed by atoms with Gasteiger partial charge in [-0.3, -0.25) is 0 Å². The molecular formula is C52H35NOS. The molecule has 0 N–H and O–H groups in total. The van der Waals surface area contributed by atoms with Crippen molar-refractivity contribution in [3.05, 3.63) is 209 Å². The minimum atomic E-state index is -0.471. The molecule has 0 saturated heterocycles. The van der Waals surface area contributed by atoms with E-state index in [1.54, 1.807) is 0 Å². The van der Waals surface area contributed by atoms with E-state index in [0.717, 1.165) is 39.0 Å². The standard InChI is InChI=1S/C52H35NOS/c1-51(2)39-18-7-3-16-36(39)38-30-32(26-28-40(38)51)53(45-22-13-24-47-50(45)37-17-6-11-23-46(37)54-47)33-27-29-49-44(31-33)52(43-21-10-12-25-48(43)55-49)41-19-8-4-14-34(41)35-15-5-9-20-42(35)52/h3-31H,1-2H3. The summed E-state index contributed by atoms with van der Waals surface area (Å²) in [6, 6.07) is 65.3. The second-order valence-electron chi connectivity index (χ2n) is 15.6. The van der Waals surface area contributed by atoms with Crippen molar-refractivity contribution < 1.29 is 4.42 Å². The molecule has 8 aromatic carbocycles. The van der Waals surface area contributed by atoms with Crippen LogP contribution < -0.4 is 4.90 Å². The molecule has 55 heavy (non-hydrogen) atoms. The van der Waals surface area contributed by atoms with Crippen LogP contribution in [0.25, 0.3) is 44.2 Å². The van der Waals surface area contributed by atoms with E-state index in [1.807, 2.05) is 11.8 Å². The minimum absolute atomic E-state index is 0.0812. The Labute approximate surface area is 324 Å². The molecule has 260 valence electrons. The zero-order valence-corrected chi connectivity index (χ0v) is 31.3. The Morgan fingerprint density at radius 3 is 1.78 bits per heavy atom. The Bertz CT molecular complexity index is 3030. The van der Waals surface area contributed by atoms with Gasteiger partial charge in [0.15, 0.2) is 0 Å². The zero-order valence-electron chi connectivity index (χ0n) is 30.5. The molecule has 0 fully saturated rings. The molecule has 1 spiro atoms. The van der Waals surface area contributed by atoms with E-state index < -0.39 is 5.41 Å². The summed E-state index contributed by atoms with van der Waals surface area (Å²) in [5.41, 5.74) is 17.9. The first-order valence-electron chi connectivity index (χ1n) is 19.1. The van der Waals surface area contributed by atoms with Gasteiger partial charge in [-0.05, 0) is 110 Å². The molecule has 0 amide bonds. The van der Waals surface area contributed by atoms with Gasteiger partial charge in [0, 0.05) is 32.0 Å². The van der Waals surface area contributed by atoms with Crippen LogP contribution in [0.5, 0.6) is 0 Å². The Morgan fingerprint density at radius 1 is 0.436 bits per heavy atom. The number of anilines is 3. The molecule has 1 aliphatic heterocycles. The molecule has 2 nitrogen and oxygen atoms in total. The van der Waals surface area contributed by atoms with Crippen LogP contribution in [0.1, 0.15) is 47.2 Å². The van der Waals surface area contributed by atoms with Crippen LogP contribution in [0, 0.1) is 0 Å². The van der Waals surface area contributed by atoms with Crippen LogP contribution in [-0.2, 0) is 10.8 Å². The van der Waals surface area contributed by atoms with E-state index in [0.29, 0.717) is 0 Å². The third-order valence-corrected chi connectivity index (χ3v) is 13.7. The van der Waals surface area contributed by atoms with E-state index in [9.17, 15) is 0 Å². The van der Waals surface area contributed by atoms with E-state index in [2.05, 4.69) is 195 Å². The molecule has 9 aromatic rings. The summed E-state index contributed by atoms with van der Waals surface area (Å²) >= 11 is 1.89. The molecular weight excluding hydrogens is 687 g/mol. The number of nitrogens with zero attached hydrogens (tertiary/aromatic N) is 1. The lowest BCUT2D eigenvalue weighted by Crippen LogP contribution is -2.32. The zero-order chi connectivity index (χ0) is 36.5. The van der Waals surface area contributed by atoms with Gasteiger partial charge in [0.05, 0.1) is 16.5 Å². The average Bonchev–Trinajstić information content (AvgIpc) is 3.83. The Balaban J connectivity index is 1.17. The van der Waals surface area contributed by atoms with Crippen molar-refractivity contribution in [1.29, 1.82) is 0 Å². The van der Waals surface area contributed by atoms with Gasteiger partial charge in [-0.2, -0.15) is 0 Å². The van der Waals surface area contributed by atoms with Crippen molar-refractivity contribution in [2.45, 2.75) is 34.5 Å². The van der Waals surface area contributed by atoms with Crippen LogP contribution in [0.4, 0.5) is 17.1 Å². The van der Waals surface area contributed by atoms with Crippen molar-refractivity contribution >= 4 is 50.8 Å². The molecule has 12 rings (SSSR count). The third-order valence-electron chi connectivity index (χ3n) is 12.5. The number of furan rings is 1. The average molecular weight is 722 g/mol. The maximum absolute atomic E-state index is 6.52.